The third-order valence-electron chi connectivity index (χ3n) is 10.0. The lowest BCUT2D eigenvalue weighted by atomic mass is 9.97. The van der Waals surface area contributed by atoms with E-state index in [1.807, 2.05) is 6.07 Å². The van der Waals surface area contributed by atoms with Crippen molar-refractivity contribution in [2.75, 3.05) is 4.90 Å². The third-order valence-corrected chi connectivity index (χ3v) is 10.0. The molecule has 0 aliphatic heterocycles. The molecule has 0 fully saturated rings. The van der Waals surface area contributed by atoms with Gasteiger partial charge >= 0.3 is 0 Å². The van der Waals surface area contributed by atoms with Gasteiger partial charge in [-0.1, -0.05) is 152 Å². The first-order valence-electron chi connectivity index (χ1n) is 17.1. The van der Waals surface area contributed by atoms with Gasteiger partial charge in [0.1, 0.15) is 5.58 Å². The quantitative estimate of drug-likeness (QED) is 0.187. The standard InChI is InChI=1S/C48H31NO/c1-4-16-39-32(11-1)14-9-20-41(39)34-23-27-37(28-24-34)49(38-29-25-35(26-30-38)42-21-10-15-33-12-2-5-17-40(33)42)45-31-36-13-3-6-18-43(36)47-44-19-7-8-22-46(44)50-48(45)47/h1-31H. The van der Waals surface area contributed by atoms with Crippen molar-refractivity contribution in [1.29, 1.82) is 0 Å². The Balaban J connectivity index is 1.18. The summed E-state index contributed by atoms with van der Waals surface area (Å²) in [4.78, 5) is 2.34. The van der Waals surface area contributed by atoms with Crippen LogP contribution in [0.3, 0.4) is 0 Å². The van der Waals surface area contributed by atoms with E-state index < -0.39 is 0 Å². The summed E-state index contributed by atoms with van der Waals surface area (Å²) in [6.45, 7) is 0. The van der Waals surface area contributed by atoms with Crippen molar-refractivity contribution in [1.82, 2.24) is 0 Å². The molecule has 50 heavy (non-hydrogen) atoms. The summed E-state index contributed by atoms with van der Waals surface area (Å²) in [7, 11) is 0. The lowest BCUT2D eigenvalue weighted by molar-refractivity contribution is 0.669. The van der Waals surface area contributed by atoms with Gasteiger partial charge in [0, 0.05) is 22.1 Å². The van der Waals surface area contributed by atoms with Gasteiger partial charge in [0.05, 0.1) is 5.69 Å². The fourth-order valence-corrected chi connectivity index (χ4v) is 7.68. The smallest absolute Gasteiger partial charge is 0.160 e. The van der Waals surface area contributed by atoms with Crippen molar-refractivity contribution in [2.45, 2.75) is 0 Å². The van der Waals surface area contributed by atoms with Crippen LogP contribution in [0.4, 0.5) is 17.1 Å². The maximum Gasteiger partial charge on any atom is 0.160 e. The molecule has 234 valence electrons. The largest absolute Gasteiger partial charge is 0.454 e. The van der Waals surface area contributed by atoms with E-state index in [0.717, 1.165) is 39.0 Å². The molecule has 2 nitrogen and oxygen atoms in total. The van der Waals surface area contributed by atoms with Gasteiger partial charge in [-0.25, -0.2) is 0 Å². The van der Waals surface area contributed by atoms with E-state index in [4.69, 9.17) is 4.42 Å². The topological polar surface area (TPSA) is 16.4 Å². The molecule has 0 N–H and O–H groups in total. The normalized spacial score (nSPS) is 11.6. The number of hydrogen-bond acceptors (Lipinski definition) is 2. The van der Waals surface area contributed by atoms with Gasteiger partial charge in [-0.3, -0.25) is 0 Å². The number of hydrogen-bond donors (Lipinski definition) is 0. The Labute approximate surface area is 290 Å². The minimum absolute atomic E-state index is 0.876. The van der Waals surface area contributed by atoms with Crippen LogP contribution in [0, 0.1) is 0 Å². The fraction of sp³-hybridized carbons (Fsp3) is 0. The molecule has 0 saturated heterocycles. The molecule has 0 amide bonds. The second kappa shape index (κ2) is 11.5. The van der Waals surface area contributed by atoms with Gasteiger partial charge in [-0.15, -0.1) is 0 Å². The molecular weight excluding hydrogens is 607 g/mol. The van der Waals surface area contributed by atoms with Crippen LogP contribution in [0.25, 0.3) is 76.5 Å². The Hall–Kier alpha value is -6.64. The minimum Gasteiger partial charge on any atom is -0.454 e. The maximum atomic E-state index is 6.76. The van der Waals surface area contributed by atoms with Crippen LogP contribution in [-0.4, -0.2) is 0 Å². The molecule has 0 aliphatic rings. The number of furan rings is 1. The fourth-order valence-electron chi connectivity index (χ4n) is 7.68. The Kier molecular flexibility index (Phi) is 6.53. The zero-order valence-electron chi connectivity index (χ0n) is 27.3. The molecule has 10 rings (SSSR count). The van der Waals surface area contributed by atoms with Crippen molar-refractivity contribution < 1.29 is 4.42 Å². The van der Waals surface area contributed by atoms with Crippen LogP contribution in [-0.2, 0) is 0 Å². The zero-order valence-corrected chi connectivity index (χ0v) is 27.3. The molecular formula is C48H31NO. The number of nitrogens with zero attached hydrogens (tertiary/aromatic N) is 1. The monoisotopic (exact) mass is 637 g/mol. The van der Waals surface area contributed by atoms with Crippen molar-refractivity contribution in [2.24, 2.45) is 0 Å². The van der Waals surface area contributed by atoms with E-state index in [1.54, 1.807) is 0 Å². The van der Waals surface area contributed by atoms with Crippen LogP contribution < -0.4 is 4.90 Å². The molecule has 0 radical (unpaired) electrons. The predicted molar refractivity (Wildman–Crippen MR) is 212 cm³/mol. The van der Waals surface area contributed by atoms with Gasteiger partial charge < -0.3 is 9.32 Å². The zero-order chi connectivity index (χ0) is 33.0. The van der Waals surface area contributed by atoms with Gasteiger partial charge in [-0.2, -0.15) is 0 Å². The Morgan fingerprint density at radius 1 is 0.360 bits per heavy atom. The van der Waals surface area contributed by atoms with Crippen LogP contribution in [0.1, 0.15) is 0 Å². The van der Waals surface area contributed by atoms with E-state index in [1.165, 1.54) is 54.6 Å². The second-order valence-electron chi connectivity index (χ2n) is 12.9. The molecule has 0 spiro atoms. The SMILES string of the molecule is c1ccc2c(-c3ccc(N(c4ccc(-c5cccc6ccccc56)cc4)c4cc5ccccc5c5c4oc4ccccc45)cc3)cccc2c1. The van der Waals surface area contributed by atoms with Crippen LogP contribution in [0.15, 0.2) is 192 Å². The molecule has 0 aliphatic carbocycles. The molecule has 1 heterocycles. The van der Waals surface area contributed by atoms with E-state index in [2.05, 4.69) is 187 Å². The Morgan fingerprint density at radius 3 is 1.40 bits per heavy atom. The lowest BCUT2D eigenvalue weighted by Crippen LogP contribution is -2.10. The average Bonchev–Trinajstić information content (AvgIpc) is 3.59. The Bertz CT molecular complexity index is 2730. The molecule has 2 heteroatoms. The molecule has 0 bridgehead atoms. The molecule has 10 aromatic rings. The number of fused-ring (bicyclic) bond motifs is 7. The number of anilines is 3. The first-order chi connectivity index (χ1) is 24.8. The highest BCUT2D eigenvalue weighted by Crippen LogP contribution is 2.46. The summed E-state index contributed by atoms with van der Waals surface area (Å²) in [6, 6.07) is 67.4. The van der Waals surface area contributed by atoms with E-state index in [-0.39, 0.29) is 0 Å². The third kappa shape index (κ3) is 4.57. The first-order valence-corrected chi connectivity index (χ1v) is 17.1. The van der Waals surface area contributed by atoms with Gasteiger partial charge in [0.25, 0.3) is 0 Å². The molecule has 0 saturated carbocycles. The summed E-state index contributed by atoms with van der Waals surface area (Å²) in [5.74, 6) is 0. The number of benzene rings is 9. The van der Waals surface area contributed by atoms with Crippen molar-refractivity contribution in [3.63, 3.8) is 0 Å². The predicted octanol–water partition coefficient (Wildman–Crippen LogP) is 13.8. The Morgan fingerprint density at radius 2 is 0.820 bits per heavy atom. The van der Waals surface area contributed by atoms with Crippen LogP contribution in [0.2, 0.25) is 0 Å². The van der Waals surface area contributed by atoms with Gasteiger partial charge in [0.15, 0.2) is 5.58 Å². The molecule has 0 atom stereocenters. The minimum atomic E-state index is 0.876. The summed E-state index contributed by atoms with van der Waals surface area (Å²) < 4.78 is 6.76. The summed E-state index contributed by atoms with van der Waals surface area (Å²) in [5.41, 5.74) is 9.71. The van der Waals surface area contributed by atoms with Gasteiger partial charge in [0.2, 0.25) is 0 Å². The summed E-state index contributed by atoms with van der Waals surface area (Å²) >= 11 is 0. The molecule has 0 unspecified atom stereocenters. The van der Waals surface area contributed by atoms with E-state index >= 15 is 0 Å². The van der Waals surface area contributed by atoms with Crippen molar-refractivity contribution >= 4 is 71.3 Å². The number of rotatable bonds is 5. The van der Waals surface area contributed by atoms with Crippen LogP contribution in [0.5, 0.6) is 0 Å². The van der Waals surface area contributed by atoms with Crippen LogP contribution >= 0.6 is 0 Å². The first kappa shape index (κ1) is 28.4. The molecule has 1 aromatic heterocycles. The van der Waals surface area contributed by atoms with Gasteiger partial charge in [-0.05, 0) is 91.0 Å². The van der Waals surface area contributed by atoms with E-state index in [0.29, 0.717) is 0 Å². The maximum absolute atomic E-state index is 6.76. The van der Waals surface area contributed by atoms with Crippen molar-refractivity contribution in [3.8, 4) is 22.3 Å². The molecule has 9 aromatic carbocycles. The highest BCUT2D eigenvalue weighted by molar-refractivity contribution is 6.23. The number of para-hydroxylation sites is 1. The summed E-state index contributed by atoms with van der Waals surface area (Å²) in [5, 5.41) is 9.61. The van der Waals surface area contributed by atoms with E-state index in [9.17, 15) is 0 Å². The second-order valence-corrected chi connectivity index (χ2v) is 12.9. The lowest BCUT2D eigenvalue weighted by Gasteiger charge is -2.26. The highest BCUT2D eigenvalue weighted by atomic mass is 16.3. The summed E-state index contributed by atoms with van der Waals surface area (Å²) in [6.07, 6.45) is 0. The van der Waals surface area contributed by atoms with Crippen molar-refractivity contribution in [3.05, 3.63) is 188 Å². The average molecular weight is 638 g/mol. The highest BCUT2D eigenvalue weighted by Gasteiger charge is 2.22.